The summed E-state index contributed by atoms with van der Waals surface area (Å²) in [5.41, 5.74) is 14.9. The lowest BCUT2D eigenvalue weighted by molar-refractivity contribution is 1.13. The number of rotatable bonds is 9. The van der Waals surface area contributed by atoms with Gasteiger partial charge < -0.3 is 14.4 Å². The van der Waals surface area contributed by atoms with Crippen molar-refractivity contribution in [3.63, 3.8) is 0 Å². The molecule has 284 valence electrons. The largest absolute Gasteiger partial charge is 0.310 e. The minimum atomic E-state index is 0.882. The van der Waals surface area contributed by atoms with E-state index in [1.54, 1.807) is 0 Å². The van der Waals surface area contributed by atoms with Gasteiger partial charge in [-0.15, -0.1) is 0 Å². The lowest BCUT2D eigenvalue weighted by Gasteiger charge is -2.26. The summed E-state index contributed by atoms with van der Waals surface area (Å²) in [4.78, 5) is 10.0. The molecule has 0 saturated carbocycles. The highest BCUT2D eigenvalue weighted by Gasteiger charge is 2.22. The zero-order valence-corrected chi connectivity index (χ0v) is 32.8. The second-order valence-corrected chi connectivity index (χ2v) is 14.9. The fourth-order valence-electron chi connectivity index (χ4n) is 8.60. The highest BCUT2D eigenvalue weighted by Crippen LogP contribution is 2.43. The predicted molar refractivity (Wildman–Crippen MR) is 250 cm³/mol. The van der Waals surface area contributed by atoms with E-state index in [2.05, 4.69) is 255 Å². The van der Waals surface area contributed by atoms with Gasteiger partial charge in [0, 0.05) is 68.3 Å². The van der Waals surface area contributed by atoms with Gasteiger partial charge in [0.05, 0.1) is 28.1 Å². The minimum Gasteiger partial charge on any atom is -0.310 e. The molecule has 0 saturated heterocycles. The molecule has 0 aliphatic heterocycles. The number of hydrogen-bond donors (Lipinski definition) is 0. The number of fused-ring (bicyclic) bond motifs is 4. The first-order chi connectivity index (χ1) is 29.8. The van der Waals surface area contributed by atoms with Crippen LogP contribution in [0.3, 0.4) is 0 Å². The van der Waals surface area contributed by atoms with E-state index in [4.69, 9.17) is 4.98 Å². The van der Waals surface area contributed by atoms with Gasteiger partial charge in [-0.3, -0.25) is 4.40 Å². The Labute approximate surface area is 348 Å². The van der Waals surface area contributed by atoms with Crippen molar-refractivity contribution in [3.8, 4) is 28.2 Å². The molecule has 3 heterocycles. The number of imidazole rings is 1. The lowest BCUT2D eigenvalue weighted by Crippen LogP contribution is -2.09. The molecular weight excluding hydrogens is 731 g/mol. The van der Waals surface area contributed by atoms with Gasteiger partial charge in [0.2, 0.25) is 0 Å². The topological polar surface area (TPSA) is 28.7 Å². The normalized spacial score (nSPS) is 11.3. The Balaban J connectivity index is 1.16. The Morgan fingerprint density at radius 3 is 1.18 bits per heavy atom. The van der Waals surface area contributed by atoms with Gasteiger partial charge in [0.15, 0.2) is 0 Å². The van der Waals surface area contributed by atoms with E-state index >= 15 is 0 Å². The molecule has 8 aromatic carbocycles. The Hall–Kier alpha value is -8.15. The van der Waals surface area contributed by atoms with Crippen molar-refractivity contribution in [2.75, 3.05) is 9.80 Å². The molecule has 3 aromatic heterocycles. The molecule has 0 radical (unpaired) electrons. The van der Waals surface area contributed by atoms with Crippen LogP contribution in [0.4, 0.5) is 34.1 Å². The van der Waals surface area contributed by atoms with Crippen molar-refractivity contribution in [2.24, 2.45) is 0 Å². The molecule has 11 rings (SSSR count). The Morgan fingerprint density at radius 1 is 0.350 bits per heavy atom. The maximum atomic E-state index is 5.34. The molecule has 0 atom stereocenters. The van der Waals surface area contributed by atoms with Crippen LogP contribution in [0.25, 0.3) is 55.7 Å². The average molecular weight is 770 g/mol. The maximum Gasteiger partial charge on any atom is 0.140 e. The number of aromatic nitrogens is 3. The molecule has 0 aliphatic carbocycles. The summed E-state index contributed by atoms with van der Waals surface area (Å²) in [6, 6.07) is 81.6. The average Bonchev–Trinajstić information content (AvgIpc) is 3.87. The minimum absolute atomic E-state index is 0.882. The van der Waals surface area contributed by atoms with E-state index in [9.17, 15) is 0 Å². The summed E-state index contributed by atoms with van der Waals surface area (Å²) in [5.74, 6) is 0. The van der Waals surface area contributed by atoms with Crippen molar-refractivity contribution in [3.05, 3.63) is 237 Å². The summed E-state index contributed by atoms with van der Waals surface area (Å²) in [7, 11) is 0. The fourth-order valence-corrected chi connectivity index (χ4v) is 8.60. The Morgan fingerprint density at radius 2 is 0.750 bits per heavy atom. The molecule has 0 spiro atoms. The van der Waals surface area contributed by atoms with E-state index in [0.717, 1.165) is 89.8 Å². The molecule has 11 aromatic rings. The summed E-state index contributed by atoms with van der Waals surface area (Å²) in [6.07, 6.45) is 2.17. The second kappa shape index (κ2) is 15.0. The van der Waals surface area contributed by atoms with Crippen LogP contribution >= 0.6 is 0 Å². The Bertz CT molecular complexity index is 3010. The third kappa shape index (κ3) is 6.17. The summed E-state index contributed by atoms with van der Waals surface area (Å²) < 4.78 is 4.61. The van der Waals surface area contributed by atoms with Crippen LogP contribution in [0.2, 0.25) is 0 Å². The molecule has 5 nitrogen and oxygen atoms in total. The highest BCUT2D eigenvalue weighted by atomic mass is 15.2. The van der Waals surface area contributed by atoms with Crippen molar-refractivity contribution >= 4 is 61.6 Å². The number of benzene rings is 8. The predicted octanol–water partition coefficient (Wildman–Crippen LogP) is 14.7. The van der Waals surface area contributed by atoms with Crippen LogP contribution < -0.4 is 9.80 Å². The second-order valence-electron chi connectivity index (χ2n) is 14.9. The molecule has 0 fully saturated rings. The van der Waals surface area contributed by atoms with E-state index in [-0.39, 0.29) is 0 Å². The van der Waals surface area contributed by atoms with Crippen LogP contribution in [-0.4, -0.2) is 14.0 Å². The van der Waals surface area contributed by atoms with Gasteiger partial charge in [0.25, 0.3) is 0 Å². The third-order valence-corrected chi connectivity index (χ3v) is 11.3. The smallest absolute Gasteiger partial charge is 0.140 e. The van der Waals surface area contributed by atoms with E-state index in [1.807, 2.05) is 0 Å². The van der Waals surface area contributed by atoms with Gasteiger partial charge in [-0.05, 0) is 91.0 Å². The van der Waals surface area contributed by atoms with Gasteiger partial charge in [0.1, 0.15) is 5.65 Å². The summed E-state index contributed by atoms with van der Waals surface area (Å²) >= 11 is 0. The number of hydrogen-bond acceptors (Lipinski definition) is 3. The number of nitrogens with zero attached hydrogens (tertiary/aromatic N) is 5. The van der Waals surface area contributed by atoms with Crippen molar-refractivity contribution in [1.29, 1.82) is 0 Å². The van der Waals surface area contributed by atoms with Crippen LogP contribution in [0, 0.1) is 0 Å². The first-order valence-corrected chi connectivity index (χ1v) is 20.3. The monoisotopic (exact) mass is 769 g/mol. The van der Waals surface area contributed by atoms with E-state index < -0.39 is 0 Å². The third-order valence-electron chi connectivity index (χ3n) is 11.3. The molecule has 5 heteroatoms. The zero-order valence-electron chi connectivity index (χ0n) is 32.8. The molecular formula is C55H39N5. The molecule has 0 N–H and O–H groups in total. The summed E-state index contributed by atoms with van der Waals surface area (Å²) in [5, 5.41) is 2.31. The SMILES string of the molecule is c1ccc(-c2nc3cc(-n4c5ccc(N(c6ccccc6)c6ccccc6)cc5c5cc(N(c6ccccc6)c6ccccc6)ccc54)ccn3c2-c2ccccc2)cc1. The molecule has 0 unspecified atom stereocenters. The van der Waals surface area contributed by atoms with Crippen LogP contribution in [0.5, 0.6) is 0 Å². The van der Waals surface area contributed by atoms with Crippen LogP contribution in [-0.2, 0) is 0 Å². The first-order valence-electron chi connectivity index (χ1n) is 20.3. The first kappa shape index (κ1) is 35.0. The molecule has 0 aliphatic rings. The molecule has 0 amide bonds. The highest BCUT2D eigenvalue weighted by molar-refractivity contribution is 6.12. The van der Waals surface area contributed by atoms with Crippen molar-refractivity contribution < 1.29 is 0 Å². The maximum absolute atomic E-state index is 5.34. The fraction of sp³-hybridized carbons (Fsp3) is 0. The van der Waals surface area contributed by atoms with Crippen LogP contribution in [0.1, 0.15) is 0 Å². The quantitative estimate of drug-likeness (QED) is 0.146. The summed E-state index contributed by atoms with van der Waals surface area (Å²) in [6.45, 7) is 0. The van der Waals surface area contributed by atoms with Crippen molar-refractivity contribution in [2.45, 2.75) is 0 Å². The number of para-hydroxylation sites is 4. The van der Waals surface area contributed by atoms with Gasteiger partial charge in [-0.25, -0.2) is 4.98 Å². The van der Waals surface area contributed by atoms with E-state index in [1.165, 1.54) is 0 Å². The van der Waals surface area contributed by atoms with Crippen LogP contribution in [0.15, 0.2) is 237 Å². The number of pyridine rings is 1. The molecule has 60 heavy (non-hydrogen) atoms. The van der Waals surface area contributed by atoms with E-state index in [0.29, 0.717) is 0 Å². The van der Waals surface area contributed by atoms with Gasteiger partial charge in [-0.1, -0.05) is 133 Å². The van der Waals surface area contributed by atoms with Crippen molar-refractivity contribution in [1.82, 2.24) is 14.0 Å². The molecule has 0 bridgehead atoms. The lowest BCUT2D eigenvalue weighted by atomic mass is 10.1. The van der Waals surface area contributed by atoms with Gasteiger partial charge >= 0.3 is 0 Å². The number of anilines is 6. The standard InChI is InChI=1S/C55H39N5/c1-7-19-40(20-8-1)54-55(41-21-9-2-10-22-41)57-36-35-48(39-53(57)56-54)60-51-33-31-46(58(42-23-11-3-12-24-42)43-25-13-4-14-26-43)37-49(51)50-38-47(32-34-52(50)60)59(44-27-15-5-16-28-44)45-29-17-6-18-30-45/h1-39H. The zero-order chi connectivity index (χ0) is 39.8. The van der Waals surface area contributed by atoms with Gasteiger partial charge in [-0.2, -0.15) is 0 Å². The Kier molecular flexibility index (Phi) is 8.75.